The van der Waals surface area contributed by atoms with E-state index in [1.165, 1.54) is 21.3 Å². The number of aromatic nitrogens is 2. The Bertz CT molecular complexity index is 1050. The summed E-state index contributed by atoms with van der Waals surface area (Å²) in [5.74, 6) is -0.190. The standard InChI is InChI=1S/C13H17N3O5S2/c1-15-11-4-3-10(7-12(11)16(2)13(15)17)23(20,21)14-9-5-6-22(18,19)8-9/h3-4,7,9,14H,5-6,8H2,1-2H3/t9-/m1/s1. The maximum Gasteiger partial charge on any atom is 0.328 e. The Hall–Kier alpha value is -1.65. The molecule has 0 spiro atoms. The van der Waals surface area contributed by atoms with Gasteiger partial charge < -0.3 is 0 Å². The van der Waals surface area contributed by atoms with Crippen LogP contribution < -0.4 is 10.4 Å². The van der Waals surface area contributed by atoms with Crippen LogP contribution >= 0.6 is 0 Å². The highest BCUT2D eigenvalue weighted by atomic mass is 32.2. The molecule has 1 aromatic carbocycles. The lowest BCUT2D eigenvalue weighted by molar-refractivity contribution is 0.562. The van der Waals surface area contributed by atoms with Crippen LogP contribution in [-0.2, 0) is 34.0 Å². The molecule has 0 amide bonds. The maximum atomic E-state index is 12.4. The van der Waals surface area contributed by atoms with Crippen molar-refractivity contribution in [3.8, 4) is 0 Å². The molecule has 1 saturated heterocycles. The molecule has 1 atom stereocenters. The van der Waals surface area contributed by atoms with E-state index in [9.17, 15) is 21.6 Å². The number of hydrogen-bond acceptors (Lipinski definition) is 5. The van der Waals surface area contributed by atoms with Gasteiger partial charge in [0, 0.05) is 20.1 Å². The average Bonchev–Trinajstić information content (AvgIpc) is 2.91. The number of sulfone groups is 1. The van der Waals surface area contributed by atoms with Crippen LogP contribution in [0.5, 0.6) is 0 Å². The van der Waals surface area contributed by atoms with Crippen molar-refractivity contribution in [2.45, 2.75) is 17.4 Å². The molecule has 1 aliphatic rings. The minimum absolute atomic E-state index is 0.00753. The SMILES string of the molecule is Cn1c(=O)n(C)c2cc(S(=O)(=O)N[C@@H]3CCS(=O)(=O)C3)ccc21. The van der Waals surface area contributed by atoms with E-state index in [-0.39, 0.29) is 28.5 Å². The molecule has 23 heavy (non-hydrogen) atoms. The zero-order valence-electron chi connectivity index (χ0n) is 12.7. The van der Waals surface area contributed by atoms with E-state index in [0.717, 1.165) is 0 Å². The van der Waals surface area contributed by atoms with Gasteiger partial charge in [-0.1, -0.05) is 0 Å². The van der Waals surface area contributed by atoms with E-state index in [2.05, 4.69) is 4.72 Å². The first-order valence-electron chi connectivity index (χ1n) is 6.99. The summed E-state index contributed by atoms with van der Waals surface area (Å²) >= 11 is 0. The summed E-state index contributed by atoms with van der Waals surface area (Å²) in [5.41, 5.74) is 0.878. The van der Waals surface area contributed by atoms with Gasteiger partial charge in [0.15, 0.2) is 9.84 Å². The second-order valence-electron chi connectivity index (χ2n) is 5.77. The van der Waals surface area contributed by atoms with Crippen LogP contribution in [0.2, 0.25) is 0 Å². The number of aryl methyl sites for hydroxylation is 2. The van der Waals surface area contributed by atoms with Crippen LogP contribution in [0.1, 0.15) is 6.42 Å². The summed E-state index contributed by atoms with van der Waals surface area (Å²) in [6.07, 6.45) is 0.271. The first kappa shape index (κ1) is 16.2. The molecule has 1 aromatic heterocycles. The molecule has 0 radical (unpaired) electrons. The smallest absolute Gasteiger partial charge is 0.295 e. The fraction of sp³-hybridized carbons (Fsp3) is 0.462. The number of rotatable bonds is 3. The number of nitrogens with one attached hydrogen (secondary N) is 1. The van der Waals surface area contributed by atoms with Gasteiger partial charge in [-0.3, -0.25) is 9.13 Å². The first-order valence-corrected chi connectivity index (χ1v) is 10.3. The zero-order chi connectivity index (χ0) is 17.0. The van der Waals surface area contributed by atoms with Crippen molar-refractivity contribution in [3.05, 3.63) is 28.7 Å². The summed E-state index contributed by atoms with van der Waals surface area (Å²) in [4.78, 5) is 11.9. The molecule has 2 aromatic rings. The minimum Gasteiger partial charge on any atom is -0.295 e. The Morgan fingerprint density at radius 2 is 1.83 bits per heavy atom. The Morgan fingerprint density at radius 3 is 2.43 bits per heavy atom. The third kappa shape index (κ3) is 2.81. The molecule has 1 aliphatic heterocycles. The molecule has 0 unspecified atom stereocenters. The Balaban J connectivity index is 1.99. The van der Waals surface area contributed by atoms with Crippen LogP contribution in [0.4, 0.5) is 0 Å². The van der Waals surface area contributed by atoms with E-state index in [1.54, 1.807) is 20.2 Å². The van der Waals surface area contributed by atoms with E-state index in [0.29, 0.717) is 11.0 Å². The van der Waals surface area contributed by atoms with Crippen molar-refractivity contribution >= 4 is 30.9 Å². The predicted octanol–water partition coefficient (Wildman–Crippen LogP) is -0.658. The summed E-state index contributed by atoms with van der Waals surface area (Å²) in [7, 11) is -3.84. The Morgan fingerprint density at radius 1 is 1.17 bits per heavy atom. The molecule has 3 rings (SSSR count). The summed E-state index contributed by atoms with van der Waals surface area (Å²) in [5, 5.41) is 0. The number of hydrogen-bond donors (Lipinski definition) is 1. The predicted molar refractivity (Wildman–Crippen MR) is 85.5 cm³/mol. The fourth-order valence-corrected chi connectivity index (χ4v) is 5.90. The Kier molecular flexibility index (Phi) is 3.65. The van der Waals surface area contributed by atoms with Crippen molar-refractivity contribution < 1.29 is 16.8 Å². The molecule has 8 nitrogen and oxygen atoms in total. The van der Waals surface area contributed by atoms with Gasteiger partial charge in [-0.05, 0) is 24.6 Å². The third-order valence-corrected chi connectivity index (χ3v) is 7.39. The molecule has 0 bridgehead atoms. The summed E-state index contributed by atoms with van der Waals surface area (Å²) < 4.78 is 53.0. The van der Waals surface area contributed by atoms with E-state index >= 15 is 0 Å². The molecule has 0 aliphatic carbocycles. The Labute approximate surface area is 133 Å². The van der Waals surface area contributed by atoms with Crippen molar-refractivity contribution in [2.75, 3.05) is 11.5 Å². The molecular formula is C13H17N3O5S2. The van der Waals surface area contributed by atoms with Crippen molar-refractivity contribution in [3.63, 3.8) is 0 Å². The number of sulfonamides is 1. The molecule has 2 heterocycles. The highest BCUT2D eigenvalue weighted by Gasteiger charge is 2.31. The van der Waals surface area contributed by atoms with Gasteiger partial charge >= 0.3 is 5.69 Å². The van der Waals surface area contributed by atoms with Crippen LogP contribution in [0, 0.1) is 0 Å². The van der Waals surface area contributed by atoms with Crippen molar-refractivity contribution in [2.24, 2.45) is 14.1 Å². The van der Waals surface area contributed by atoms with Gasteiger partial charge in [-0.2, -0.15) is 0 Å². The molecular weight excluding hydrogens is 342 g/mol. The second kappa shape index (κ2) is 5.18. The fourth-order valence-electron chi connectivity index (χ4n) is 2.83. The topological polar surface area (TPSA) is 107 Å². The van der Waals surface area contributed by atoms with Gasteiger partial charge in [-0.25, -0.2) is 26.4 Å². The van der Waals surface area contributed by atoms with E-state index < -0.39 is 25.9 Å². The monoisotopic (exact) mass is 359 g/mol. The van der Waals surface area contributed by atoms with E-state index in [4.69, 9.17) is 0 Å². The van der Waals surface area contributed by atoms with Crippen molar-refractivity contribution in [1.29, 1.82) is 0 Å². The highest BCUT2D eigenvalue weighted by Crippen LogP contribution is 2.20. The molecule has 1 fully saturated rings. The van der Waals surface area contributed by atoms with Crippen LogP contribution in [-0.4, -0.2) is 43.5 Å². The lowest BCUT2D eigenvalue weighted by atomic mass is 10.3. The summed E-state index contributed by atoms with van der Waals surface area (Å²) in [6.45, 7) is 0. The number of benzene rings is 1. The molecule has 0 saturated carbocycles. The zero-order valence-corrected chi connectivity index (χ0v) is 14.3. The quantitative estimate of drug-likeness (QED) is 0.783. The lowest BCUT2D eigenvalue weighted by Gasteiger charge is -2.11. The van der Waals surface area contributed by atoms with Crippen LogP contribution in [0.15, 0.2) is 27.9 Å². The van der Waals surface area contributed by atoms with Gasteiger partial charge in [0.25, 0.3) is 0 Å². The van der Waals surface area contributed by atoms with E-state index in [1.807, 2.05) is 0 Å². The average molecular weight is 359 g/mol. The molecule has 10 heteroatoms. The number of imidazole rings is 1. The van der Waals surface area contributed by atoms with Gasteiger partial charge in [0.2, 0.25) is 10.0 Å². The highest BCUT2D eigenvalue weighted by molar-refractivity contribution is 7.92. The second-order valence-corrected chi connectivity index (χ2v) is 9.72. The molecule has 126 valence electrons. The van der Waals surface area contributed by atoms with Crippen LogP contribution in [0.25, 0.3) is 11.0 Å². The van der Waals surface area contributed by atoms with Crippen LogP contribution in [0.3, 0.4) is 0 Å². The number of fused-ring (bicyclic) bond motifs is 1. The minimum atomic E-state index is -3.84. The lowest BCUT2D eigenvalue weighted by Crippen LogP contribution is -2.35. The normalized spacial score (nSPS) is 21.0. The maximum absolute atomic E-state index is 12.4. The van der Waals surface area contributed by atoms with Gasteiger partial charge in [0.1, 0.15) is 0 Å². The van der Waals surface area contributed by atoms with Gasteiger partial charge in [-0.15, -0.1) is 0 Å². The molecule has 1 N–H and O–H groups in total. The summed E-state index contributed by atoms with van der Waals surface area (Å²) in [6, 6.07) is 3.78. The third-order valence-electron chi connectivity index (χ3n) is 4.11. The van der Waals surface area contributed by atoms with Crippen molar-refractivity contribution in [1.82, 2.24) is 13.9 Å². The number of nitrogens with zero attached hydrogens (tertiary/aromatic N) is 2. The largest absolute Gasteiger partial charge is 0.328 e. The van der Waals surface area contributed by atoms with Gasteiger partial charge in [0.05, 0.1) is 27.4 Å². The first-order chi connectivity index (χ1) is 10.6.